The molecule has 1 aliphatic rings. The molecule has 1 saturated heterocycles. The minimum absolute atomic E-state index is 0.0901. The molecule has 16 heavy (non-hydrogen) atoms. The van der Waals surface area contributed by atoms with Gasteiger partial charge in [0.25, 0.3) is 0 Å². The van der Waals surface area contributed by atoms with E-state index in [-0.39, 0.29) is 6.61 Å². The minimum atomic E-state index is 0.0901. The summed E-state index contributed by atoms with van der Waals surface area (Å²) in [5, 5.41) is 8.42. The summed E-state index contributed by atoms with van der Waals surface area (Å²) in [7, 11) is 0. The van der Waals surface area contributed by atoms with Gasteiger partial charge in [-0.2, -0.15) is 0 Å². The van der Waals surface area contributed by atoms with E-state index in [1.165, 1.54) is 12.8 Å². The number of hydrogen-bond acceptors (Lipinski definition) is 3. The molecule has 3 heteroatoms. The van der Waals surface area contributed by atoms with Crippen LogP contribution in [-0.4, -0.2) is 31.5 Å². The molecule has 1 fully saturated rings. The highest BCUT2D eigenvalue weighted by molar-refractivity contribution is 5.13. The van der Waals surface area contributed by atoms with Crippen LogP contribution in [-0.2, 0) is 16.1 Å². The third-order valence-corrected chi connectivity index (χ3v) is 2.17. The second-order valence-corrected chi connectivity index (χ2v) is 3.58. The van der Waals surface area contributed by atoms with Gasteiger partial charge in [0.2, 0.25) is 0 Å². The first-order valence-electron chi connectivity index (χ1n) is 5.74. The molecule has 0 radical (unpaired) electrons. The first-order valence-corrected chi connectivity index (χ1v) is 5.74. The van der Waals surface area contributed by atoms with Gasteiger partial charge in [0.1, 0.15) is 0 Å². The van der Waals surface area contributed by atoms with Gasteiger partial charge in [0.15, 0.2) is 0 Å². The first-order chi connectivity index (χ1) is 7.93. The summed E-state index contributed by atoms with van der Waals surface area (Å²) in [5.74, 6) is 0. The minimum Gasteiger partial charge on any atom is -0.394 e. The molecule has 1 aromatic carbocycles. The van der Waals surface area contributed by atoms with Crippen LogP contribution in [0.25, 0.3) is 0 Å². The Hall–Kier alpha value is -0.900. The summed E-state index contributed by atoms with van der Waals surface area (Å²) in [6.07, 6.45) is 2.56. The fourth-order valence-electron chi connectivity index (χ4n) is 1.34. The van der Waals surface area contributed by atoms with Gasteiger partial charge < -0.3 is 14.6 Å². The van der Waals surface area contributed by atoms with Crippen LogP contribution in [0, 0.1) is 0 Å². The van der Waals surface area contributed by atoms with Crippen LogP contribution in [0.5, 0.6) is 0 Å². The molecule has 1 N–H and O–H groups in total. The van der Waals surface area contributed by atoms with E-state index in [0.717, 1.165) is 18.8 Å². The van der Waals surface area contributed by atoms with E-state index < -0.39 is 0 Å². The Bertz CT molecular complexity index is 237. The summed E-state index contributed by atoms with van der Waals surface area (Å²) in [5.41, 5.74) is 1.14. The number of aliphatic hydroxyl groups is 1. The van der Waals surface area contributed by atoms with E-state index in [2.05, 4.69) is 0 Å². The van der Waals surface area contributed by atoms with Crippen molar-refractivity contribution in [3.63, 3.8) is 0 Å². The van der Waals surface area contributed by atoms with Crippen LogP contribution in [0.1, 0.15) is 18.4 Å². The fourth-order valence-corrected chi connectivity index (χ4v) is 1.34. The summed E-state index contributed by atoms with van der Waals surface area (Å²) in [6.45, 7) is 3.09. The van der Waals surface area contributed by atoms with E-state index >= 15 is 0 Å². The van der Waals surface area contributed by atoms with Crippen molar-refractivity contribution in [2.24, 2.45) is 0 Å². The molecule has 0 amide bonds. The van der Waals surface area contributed by atoms with Crippen LogP contribution < -0.4 is 0 Å². The van der Waals surface area contributed by atoms with Crippen LogP contribution in [0.3, 0.4) is 0 Å². The molecule has 1 aliphatic heterocycles. The highest BCUT2D eigenvalue weighted by Gasteiger charge is 1.94. The highest BCUT2D eigenvalue weighted by atomic mass is 16.5. The zero-order chi connectivity index (χ0) is 11.5. The summed E-state index contributed by atoms with van der Waals surface area (Å²) < 4.78 is 10.1. The SMILES string of the molecule is C1CCOC1.OCCOCc1ccccc1. The van der Waals surface area contributed by atoms with Crippen molar-refractivity contribution in [2.45, 2.75) is 19.4 Å². The molecule has 1 aromatic rings. The third kappa shape index (κ3) is 6.56. The average Bonchev–Trinajstić information content (AvgIpc) is 2.90. The predicted octanol–water partition coefficient (Wildman–Crippen LogP) is 1.99. The van der Waals surface area contributed by atoms with Gasteiger partial charge in [0.05, 0.1) is 19.8 Å². The van der Waals surface area contributed by atoms with Crippen molar-refractivity contribution in [1.82, 2.24) is 0 Å². The Balaban J connectivity index is 0.000000212. The normalized spacial score (nSPS) is 14.3. The lowest BCUT2D eigenvalue weighted by Gasteiger charge is -2.00. The van der Waals surface area contributed by atoms with Crippen LogP contribution >= 0.6 is 0 Å². The van der Waals surface area contributed by atoms with Gasteiger partial charge in [0, 0.05) is 13.2 Å². The van der Waals surface area contributed by atoms with E-state index in [1.54, 1.807) is 0 Å². The first kappa shape index (κ1) is 13.2. The molecule has 0 spiro atoms. The fraction of sp³-hybridized carbons (Fsp3) is 0.538. The standard InChI is InChI=1S/C9H12O2.C4H8O/c10-6-7-11-8-9-4-2-1-3-5-9;1-2-4-5-3-1/h1-5,10H,6-8H2;1-4H2. The zero-order valence-electron chi connectivity index (χ0n) is 9.60. The Kier molecular flexibility index (Phi) is 7.68. The van der Waals surface area contributed by atoms with Crippen molar-refractivity contribution in [3.05, 3.63) is 35.9 Å². The van der Waals surface area contributed by atoms with Gasteiger partial charge in [-0.3, -0.25) is 0 Å². The predicted molar refractivity (Wildman–Crippen MR) is 63.2 cm³/mol. The molecule has 90 valence electrons. The van der Waals surface area contributed by atoms with Gasteiger partial charge in [-0.1, -0.05) is 30.3 Å². The maximum atomic E-state index is 8.42. The summed E-state index contributed by atoms with van der Waals surface area (Å²) in [6, 6.07) is 9.90. The van der Waals surface area contributed by atoms with Crippen molar-refractivity contribution >= 4 is 0 Å². The lowest BCUT2D eigenvalue weighted by Crippen LogP contribution is -1.98. The molecule has 0 atom stereocenters. The van der Waals surface area contributed by atoms with Gasteiger partial charge in [-0.05, 0) is 18.4 Å². The molecule has 1 heterocycles. The van der Waals surface area contributed by atoms with Crippen LogP contribution in [0.2, 0.25) is 0 Å². The Morgan fingerprint density at radius 2 is 1.81 bits per heavy atom. The number of benzene rings is 1. The largest absolute Gasteiger partial charge is 0.394 e. The third-order valence-electron chi connectivity index (χ3n) is 2.17. The Morgan fingerprint density at radius 1 is 1.12 bits per heavy atom. The average molecular weight is 224 g/mol. The summed E-state index contributed by atoms with van der Waals surface area (Å²) in [4.78, 5) is 0. The monoisotopic (exact) mass is 224 g/mol. The molecule has 0 bridgehead atoms. The van der Waals surface area contributed by atoms with E-state index in [1.807, 2.05) is 30.3 Å². The van der Waals surface area contributed by atoms with E-state index in [9.17, 15) is 0 Å². The number of rotatable bonds is 4. The highest BCUT2D eigenvalue weighted by Crippen LogP contribution is 1.99. The number of ether oxygens (including phenoxy) is 2. The molecule has 3 nitrogen and oxygen atoms in total. The van der Waals surface area contributed by atoms with E-state index in [4.69, 9.17) is 14.6 Å². The van der Waals surface area contributed by atoms with Crippen LogP contribution in [0.4, 0.5) is 0 Å². The zero-order valence-corrected chi connectivity index (χ0v) is 9.60. The Morgan fingerprint density at radius 3 is 2.31 bits per heavy atom. The number of aliphatic hydroxyl groups excluding tert-OH is 1. The molecule has 0 aliphatic carbocycles. The van der Waals surface area contributed by atoms with Gasteiger partial charge in [-0.15, -0.1) is 0 Å². The van der Waals surface area contributed by atoms with Gasteiger partial charge >= 0.3 is 0 Å². The molecular weight excluding hydrogens is 204 g/mol. The maximum absolute atomic E-state index is 8.42. The Labute approximate surface area is 97.0 Å². The van der Waals surface area contributed by atoms with Crippen molar-refractivity contribution < 1.29 is 14.6 Å². The smallest absolute Gasteiger partial charge is 0.0718 e. The molecular formula is C13H20O3. The summed E-state index contributed by atoms with van der Waals surface area (Å²) >= 11 is 0. The van der Waals surface area contributed by atoms with Gasteiger partial charge in [-0.25, -0.2) is 0 Å². The lowest BCUT2D eigenvalue weighted by molar-refractivity contribution is 0.0815. The molecule has 0 aromatic heterocycles. The topological polar surface area (TPSA) is 38.7 Å². The second-order valence-electron chi connectivity index (χ2n) is 3.58. The van der Waals surface area contributed by atoms with Crippen molar-refractivity contribution in [3.8, 4) is 0 Å². The lowest BCUT2D eigenvalue weighted by atomic mass is 10.2. The van der Waals surface area contributed by atoms with Crippen molar-refractivity contribution in [2.75, 3.05) is 26.4 Å². The quantitative estimate of drug-likeness (QED) is 0.795. The number of hydrogen-bond donors (Lipinski definition) is 1. The maximum Gasteiger partial charge on any atom is 0.0718 e. The second kappa shape index (κ2) is 9.33. The molecule has 0 unspecified atom stereocenters. The van der Waals surface area contributed by atoms with E-state index in [0.29, 0.717) is 13.2 Å². The van der Waals surface area contributed by atoms with Crippen molar-refractivity contribution in [1.29, 1.82) is 0 Å². The molecule has 2 rings (SSSR count). The van der Waals surface area contributed by atoms with Crippen LogP contribution in [0.15, 0.2) is 30.3 Å². The molecule has 0 saturated carbocycles.